The van der Waals surface area contributed by atoms with Crippen LogP contribution in [0.25, 0.3) is 71.0 Å². The van der Waals surface area contributed by atoms with Crippen molar-refractivity contribution >= 4 is 49.3 Å². The molecular formula is C37H23N3. The van der Waals surface area contributed by atoms with Gasteiger partial charge in [-0.3, -0.25) is 0 Å². The molecule has 0 fully saturated rings. The van der Waals surface area contributed by atoms with Crippen molar-refractivity contribution in [2.45, 2.75) is 0 Å². The molecule has 0 aliphatic carbocycles. The lowest BCUT2D eigenvalue weighted by Crippen LogP contribution is -2.00. The number of rotatable bonds is 3. The topological polar surface area (TPSA) is 14.2 Å². The van der Waals surface area contributed by atoms with Crippen LogP contribution in [0, 0.1) is 6.57 Å². The van der Waals surface area contributed by atoms with Gasteiger partial charge in [-0.1, -0.05) is 109 Å². The number of hydrogen-bond acceptors (Lipinski definition) is 0. The largest absolute Gasteiger partial charge is 0.317 e. The van der Waals surface area contributed by atoms with E-state index in [4.69, 9.17) is 6.57 Å². The molecule has 0 radical (unpaired) electrons. The van der Waals surface area contributed by atoms with Crippen molar-refractivity contribution in [1.29, 1.82) is 0 Å². The Morgan fingerprint density at radius 2 is 1.02 bits per heavy atom. The first-order valence-electron chi connectivity index (χ1n) is 13.4. The van der Waals surface area contributed by atoms with Gasteiger partial charge in [-0.2, -0.15) is 0 Å². The molecule has 2 heterocycles. The SMILES string of the molecule is [C-]#[N+]c1ccccc1-n1c2cccc(-c3ccccc3)c2c2cccc(-n3c4ccccc4c4ccccc43)c21. The van der Waals surface area contributed by atoms with Crippen molar-refractivity contribution in [2.75, 3.05) is 0 Å². The van der Waals surface area contributed by atoms with E-state index < -0.39 is 0 Å². The number of fused-ring (bicyclic) bond motifs is 6. The Balaban J connectivity index is 1.62. The van der Waals surface area contributed by atoms with Gasteiger partial charge < -0.3 is 9.13 Å². The summed E-state index contributed by atoms with van der Waals surface area (Å²) in [5, 5.41) is 4.80. The summed E-state index contributed by atoms with van der Waals surface area (Å²) in [5.74, 6) is 0. The van der Waals surface area contributed by atoms with Crippen LogP contribution >= 0.6 is 0 Å². The molecule has 186 valence electrons. The van der Waals surface area contributed by atoms with Crippen molar-refractivity contribution < 1.29 is 0 Å². The molecule has 3 heteroatoms. The van der Waals surface area contributed by atoms with Crippen LogP contribution < -0.4 is 0 Å². The van der Waals surface area contributed by atoms with Crippen LogP contribution in [0.4, 0.5) is 5.69 Å². The maximum Gasteiger partial charge on any atom is 0.210 e. The van der Waals surface area contributed by atoms with Gasteiger partial charge in [-0.25, -0.2) is 4.85 Å². The fraction of sp³-hybridized carbons (Fsp3) is 0. The summed E-state index contributed by atoms with van der Waals surface area (Å²) in [7, 11) is 0. The first-order chi connectivity index (χ1) is 19.8. The van der Waals surface area contributed by atoms with Crippen LogP contribution in [0.3, 0.4) is 0 Å². The minimum Gasteiger partial charge on any atom is -0.317 e. The Hall–Kier alpha value is -5.59. The zero-order valence-electron chi connectivity index (χ0n) is 21.6. The van der Waals surface area contributed by atoms with Crippen LogP contribution in [-0.4, -0.2) is 9.13 Å². The zero-order valence-corrected chi connectivity index (χ0v) is 21.6. The number of aromatic nitrogens is 2. The van der Waals surface area contributed by atoms with Gasteiger partial charge in [0.2, 0.25) is 5.69 Å². The van der Waals surface area contributed by atoms with Crippen molar-refractivity contribution in [3.63, 3.8) is 0 Å². The summed E-state index contributed by atoms with van der Waals surface area (Å²) in [6, 6.07) is 48.8. The smallest absolute Gasteiger partial charge is 0.210 e. The average molecular weight is 510 g/mol. The Kier molecular flexibility index (Phi) is 4.89. The predicted molar refractivity (Wildman–Crippen MR) is 167 cm³/mol. The normalized spacial score (nSPS) is 11.5. The van der Waals surface area contributed by atoms with Crippen molar-refractivity contribution in [2.24, 2.45) is 0 Å². The second-order valence-corrected chi connectivity index (χ2v) is 10.0. The van der Waals surface area contributed by atoms with E-state index in [1.807, 2.05) is 18.2 Å². The molecule has 3 nitrogen and oxygen atoms in total. The molecule has 0 aliphatic rings. The number of benzene rings is 6. The highest BCUT2D eigenvalue weighted by atomic mass is 15.1. The van der Waals surface area contributed by atoms with E-state index in [-0.39, 0.29) is 0 Å². The molecular weight excluding hydrogens is 486 g/mol. The number of para-hydroxylation sites is 5. The average Bonchev–Trinajstić information content (AvgIpc) is 3.55. The van der Waals surface area contributed by atoms with Gasteiger partial charge in [0.05, 0.1) is 40.0 Å². The van der Waals surface area contributed by atoms with Crippen LogP contribution in [0.15, 0.2) is 140 Å². The maximum absolute atomic E-state index is 8.00. The summed E-state index contributed by atoms with van der Waals surface area (Å²) < 4.78 is 4.67. The zero-order chi connectivity index (χ0) is 26.6. The standard InChI is InChI=1S/C37H23N3/c1-38-30-19-7-10-22-33(30)40-34-23-11-17-26(25-13-3-2-4-14-25)36(34)29-18-12-24-35(37(29)40)39-31-20-8-5-15-27(31)28-16-6-9-21-32(28)39/h2-24H. The molecule has 0 unspecified atom stereocenters. The van der Waals surface area contributed by atoms with Crippen LogP contribution in [-0.2, 0) is 0 Å². The summed E-state index contributed by atoms with van der Waals surface area (Å²) in [5.41, 5.74) is 9.45. The van der Waals surface area contributed by atoms with E-state index >= 15 is 0 Å². The fourth-order valence-electron chi connectivity index (χ4n) is 6.32. The highest BCUT2D eigenvalue weighted by molar-refractivity contribution is 6.19. The minimum atomic E-state index is 0.628. The van der Waals surface area contributed by atoms with Gasteiger partial charge in [-0.15, -0.1) is 0 Å². The second kappa shape index (κ2) is 8.73. The monoisotopic (exact) mass is 509 g/mol. The molecule has 0 bridgehead atoms. The number of hydrogen-bond donors (Lipinski definition) is 0. The molecule has 6 aromatic carbocycles. The van der Waals surface area contributed by atoms with Crippen molar-refractivity contribution in [3.05, 3.63) is 151 Å². The highest BCUT2D eigenvalue weighted by Gasteiger charge is 2.22. The molecule has 0 atom stereocenters. The third-order valence-corrected chi connectivity index (χ3v) is 7.94. The van der Waals surface area contributed by atoms with Gasteiger partial charge in [-0.05, 0) is 41.5 Å². The first-order valence-corrected chi connectivity index (χ1v) is 13.4. The molecule has 0 saturated carbocycles. The lowest BCUT2D eigenvalue weighted by atomic mass is 9.99. The minimum absolute atomic E-state index is 0.628. The third-order valence-electron chi connectivity index (χ3n) is 7.94. The van der Waals surface area contributed by atoms with Crippen LogP contribution in [0.1, 0.15) is 0 Å². The molecule has 0 spiro atoms. The van der Waals surface area contributed by atoms with Crippen LogP contribution in [0.5, 0.6) is 0 Å². The number of nitrogens with zero attached hydrogens (tertiary/aromatic N) is 3. The molecule has 8 aromatic rings. The van der Waals surface area contributed by atoms with E-state index in [2.05, 4.69) is 135 Å². The molecule has 2 aromatic heterocycles. The van der Waals surface area contributed by atoms with Gasteiger partial charge in [0.15, 0.2) is 0 Å². The van der Waals surface area contributed by atoms with E-state index in [0.29, 0.717) is 5.69 Å². The summed E-state index contributed by atoms with van der Waals surface area (Å²) in [6.07, 6.45) is 0. The summed E-state index contributed by atoms with van der Waals surface area (Å²) in [6.45, 7) is 8.00. The third kappa shape index (κ3) is 3.11. The highest BCUT2D eigenvalue weighted by Crippen LogP contribution is 2.43. The Morgan fingerprint density at radius 1 is 0.450 bits per heavy atom. The fourth-order valence-corrected chi connectivity index (χ4v) is 6.32. The summed E-state index contributed by atoms with van der Waals surface area (Å²) in [4.78, 5) is 3.94. The molecule has 0 saturated heterocycles. The Bertz CT molecular complexity index is 2220. The first kappa shape index (κ1) is 22.4. The van der Waals surface area contributed by atoms with E-state index in [1.54, 1.807) is 0 Å². The quantitative estimate of drug-likeness (QED) is 0.210. The maximum atomic E-state index is 8.00. The van der Waals surface area contributed by atoms with E-state index in [9.17, 15) is 0 Å². The molecule has 0 N–H and O–H groups in total. The summed E-state index contributed by atoms with van der Waals surface area (Å²) >= 11 is 0. The van der Waals surface area contributed by atoms with E-state index in [1.165, 1.54) is 27.3 Å². The van der Waals surface area contributed by atoms with Gasteiger partial charge in [0.1, 0.15) is 0 Å². The second-order valence-electron chi connectivity index (χ2n) is 10.0. The molecule has 0 aliphatic heterocycles. The molecule has 0 amide bonds. The Labute approximate surface area is 231 Å². The Morgan fingerprint density at radius 3 is 1.77 bits per heavy atom. The van der Waals surface area contributed by atoms with Crippen molar-refractivity contribution in [1.82, 2.24) is 9.13 Å². The molecule has 40 heavy (non-hydrogen) atoms. The van der Waals surface area contributed by atoms with E-state index in [0.717, 1.165) is 38.8 Å². The van der Waals surface area contributed by atoms with Crippen LogP contribution in [0.2, 0.25) is 0 Å². The lowest BCUT2D eigenvalue weighted by Gasteiger charge is -2.15. The lowest BCUT2D eigenvalue weighted by molar-refractivity contribution is 1.13. The van der Waals surface area contributed by atoms with Gasteiger partial charge in [0.25, 0.3) is 0 Å². The van der Waals surface area contributed by atoms with Crippen molar-refractivity contribution in [3.8, 4) is 22.5 Å². The molecule has 8 rings (SSSR count). The van der Waals surface area contributed by atoms with Gasteiger partial charge in [0, 0.05) is 21.5 Å². The predicted octanol–water partition coefficient (Wildman–Crippen LogP) is 10.1. The van der Waals surface area contributed by atoms with Gasteiger partial charge >= 0.3 is 0 Å².